The Morgan fingerprint density at radius 3 is 2.30 bits per heavy atom. The van der Waals surface area contributed by atoms with Gasteiger partial charge in [-0.2, -0.15) is 0 Å². The number of nitrogens with zero attached hydrogens (tertiary/aromatic N) is 2. The first kappa shape index (κ1) is 19.6. The second kappa shape index (κ2) is 15.0. The molecule has 1 saturated heterocycles. The molecule has 0 radical (unpaired) electrons. The molecule has 0 aromatic rings. The maximum Gasteiger partial charge on any atom is 0.0593 e. The van der Waals surface area contributed by atoms with E-state index >= 15 is 0 Å². The van der Waals surface area contributed by atoms with Gasteiger partial charge in [0.1, 0.15) is 0 Å². The third-order valence-electron chi connectivity index (χ3n) is 3.59. The molecule has 0 bridgehead atoms. The minimum atomic E-state index is 0.899. The van der Waals surface area contributed by atoms with Crippen LogP contribution in [0.4, 0.5) is 0 Å². The molecule has 20 heavy (non-hydrogen) atoms. The summed E-state index contributed by atoms with van der Waals surface area (Å²) in [5.74, 6) is 0. The maximum atomic E-state index is 5.69. The van der Waals surface area contributed by atoms with E-state index in [1.165, 1.54) is 58.9 Å². The van der Waals surface area contributed by atoms with Crippen LogP contribution in [-0.4, -0.2) is 69.8 Å². The Balaban J connectivity index is 0.00000172. The second-order valence-corrected chi connectivity index (χ2v) is 5.25. The van der Waals surface area contributed by atoms with Crippen LogP contribution < -0.4 is 5.73 Å². The lowest BCUT2D eigenvalue weighted by atomic mass is 10.1. The quantitative estimate of drug-likeness (QED) is 0.492. The molecule has 4 nitrogen and oxygen atoms in total. The number of rotatable bonds is 10. The lowest BCUT2D eigenvalue weighted by molar-refractivity contribution is 0.0800. The number of allylic oxidation sites excluding steroid dienone is 1. The van der Waals surface area contributed by atoms with Crippen molar-refractivity contribution in [3.63, 3.8) is 0 Å². The van der Waals surface area contributed by atoms with Gasteiger partial charge in [0.05, 0.1) is 6.61 Å². The molecular weight excluding hydrogens is 250 g/mol. The molecule has 4 heteroatoms. The molecule has 120 valence electrons. The van der Waals surface area contributed by atoms with E-state index in [0.717, 1.165) is 26.2 Å². The number of piperazine rings is 1. The molecule has 1 rings (SSSR count). The van der Waals surface area contributed by atoms with Crippen molar-refractivity contribution in [3.8, 4) is 0 Å². The average Bonchev–Trinajstić information content (AvgIpc) is 2.49. The molecule has 1 fully saturated rings. The van der Waals surface area contributed by atoms with Gasteiger partial charge >= 0.3 is 0 Å². The van der Waals surface area contributed by atoms with E-state index in [1.807, 2.05) is 6.08 Å². The Kier molecular flexibility index (Phi) is 14.7. The van der Waals surface area contributed by atoms with Gasteiger partial charge in [-0.1, -0.05) is 18.9 Å². The number of likely N-dealkylation sites (N-methyl/N-ethyl adjacent to an activating group) is 1. The standard InChI is InChI=1S/C15H30N2O.CH5N/c1-3-4-5-6-7-8-14-18-15-13-17-11-9-16(2)10-12-17;1-2/h3H,1,4-15H2,2H3;2H2,1H3. The third-order valence-corrected chi connectivity index (χ3v) is 3.59. The van der Waals surface area contributed by atoms with Gasteiger partial charge in [0.15, 0.2) is 0 Å². The molecule has 1 heterocycles. The largest absolute Gasteiger partial charge is 0.380 e. The predicted octanol–water partition coefficient (Wildman–Crippen LogP) is 1.96. The van der Waals surface area contributed by atoms with E-state index in [2.05, 4.69) is 29.2 Å². The van der Waals surface area contributed by atoms with Crippen molar-refractivity contribution in [3.05, 3.63) is 12.7 Å². The van der Waals surface area contributed by atoms with Crippen LogP contribution in [0.15, 0.2) is 12.7 Å². The molecule has 1 aliphatic rings. The van der Waals surface area contributed by atoms with Gasteiger partial charge in [-0.15, -0.1) is 6.58 Å². The third kappa shape index (κ3) is 11.4. The summed E-state index contributed by atoms with van der Waals surface area (Å²) >= 11 is 0. The van der Waals surface area contributed by atoms with Gasteiger partial charge in [0.25, 0.3) is 0 Å². The zero-order valence-electron chi connectivity index (χ0n) is 13.6. The first-order valence-electron chi connectivity index (χ1n) is 8.00. The normalized spacial score (nSPS) is 16.6. The summed E-state index contributed by atoms with van der Waals surface area (Å²) < 4.78 is 5.69. The van der Waals surface area contributed by atoms with E-state index in [9.17, 15) is 0 Å². The fraction of sp³-hybridized carbons (Fsp3) is 0.875. The van der Waals surface area contributed by atoms with Crippen molar-refractivity contribution in [2.45, 2.75) is 32.1 Å². The lowest BCUT2D eigenvalue weighted by Crippen LogP contribution is -2.45. The second-order valence-electron chi connectivity index (χ2n) is 5.25. The first-order valence-corrected chi connectivity index (χ1v) is 8.00. The zero-order chi connectivity index (χ0) is 15.1. The Hall–Kier alpha value is -0.420. The Bertz CT molecular complexity index is 204. The molecular formula is C16H35N3O. The maximum absolute atomic E-state index is 5.69. The highest BCUT2D eigenvalue weighted by Crippen LogP contribution is 2.03. The molecule has 0 aromatic heterocycles. The highest BCUT2D eigenvalue weighted by atomic mass is 16.5. The Labute approximate surface area is 125 Å². The number of unbranched alkanes of at least 4 members (excludes halogenated alkanes) is 4. The predicted molar refractivity (Wildman–Crippen MR) is 88.1 cm³/mol. The van der Waals surface area contributed by atoms with Gasteiger partial charge < -0.3 is 15.4 Å². The molecule has 2 N–H and O–H groups in total. The molecule has 0 unspecified atom stereocenters. The van der Waals surface area contributed by atoms with E-state index in [-0.39, 0.29) is 0 Å². The van der Waals surface area contributed by atoms with Gasteiger partial charge in [-0.05, 0) is 33.4 Å². The monoisotopic (exact) mass is 285 g/mol. The van der Waals surface area contributed by atoms with Crippen LogP contribution in [0.2, 0.25) is 0 Å². The van der Waals surface area contributed by atoms with Gasteiger partial charge in [-0.3, -0.25) is 4.90 Å². The molecule has 0 spiro atoms. The molecule has 0 aromatic carbocycles. The highest BCUT2D eigenvalue weighted by molar-refractivity contribution is 4.68. The van der Waals surface area contributed by atoms with Crippen LogP contribution in [0.3, 0.4) is 0 Å². The zero-order valence-corrected chi connectivity index (χ0v) is 13.6. The van der Waals surface area contributed by atoms with Crippen molar-refractivity contribution < 1.29 is 4.74 Å². The summed E-state index contributed by atoms with van der Waals surface area (Å²) in [6, 6.07) is 0. The van der Waals surface area contributed by atoms with Crippen LogP contribution in [-0.2, 0) is 4.74 Å². The van der Waals surface area contributed by atoms with Crippen molar-refractivity contribution in [1.29, 1.82) is 0 Å². The topological polar surface area (TPSA) is 41.7 Å². The fourth-order valence-electron chi connectivity index (χ4n) is 2.21. The number of hydrogen-bond donors (Lipinski definition) is 1. The minimum absolute atomic E-state index is 0.899. The minimum Gasteiger partial charge on any atom is -0.380 e. The number of ether oxygens (including phenoxy) is 1. The smallest absolute Gasteiger partial charge is 0.0593 e. The van der Waals surface area contributed by atoms with Crippen LogP contribution in [0, 0.1) is 0 Å². The SMILES string of the molecule is C=CCCCCCCOCCN1CCN(C)CC1.CN. The van der Waals surface area contributed by atoms with Gasteiger partial charge in [0.2, 0.25) is 0 Å². The summed E-state index contributed by atoms with van der Waals surface area (Å²) in [7, 11) is 3.69. The van der Waals surface area contributed by atoms with E-state index in [1.54, 1.807) is 0 Å². The lowest BCUT2D eigenvalue weighted by Gasteiger charge is -2.32. The number of nitrogens with two attached hydrogens (primary N) is 1. The summed E-state index contributed by atoms with van der Waals surface area (Å²) in [5, 5.41) is 0. The summed E-state index contributed by atoms with van der Waals surface area (Å²) in [6.45, 7) is 11.5. The van der Waals surface area contributed by atoms with Crippen LogP contribution >= 0.6 is 0 Å². The summed E-state index contributed by atoms with van der Waals surface area (Å²) in [5.41, 5.74) is 4.50. The van der Waals surface area contributed by atoms with Crippen LogP contribution in [0.25, 0.3) is 0 Å². The molecule has 0 atom stereocenters. The van der Waals surface area contributed by atoms with Crippen molar-refractivity contribution in [2.75, 3.05) is 60.0 Å². The van der Waals surface area contributed by atoms with Gasteiger partial charge in [-0.25, -0.2) is 0 Å². The molecule has 1 aliphatic heterocycles. The Morgan fingerprint density at radius 2 is 1.65 bits per heavy atom. The highest BCUT2D eigenvalue weighted by Gasteiger charge is 2.12. The fourth-order valence-corrected chi connectivity index (χ4v) is 2.21. The van der Waals surface area contributed by atoms with E-state index < -0.39 is 0 Å². The van der Waals surface area contributed by atoms with Gasteiger partial charge in [0, 0.05) is 39.3 Å². The molecule has 0 saturated carbocycles. The van der Waals surface area contributed by atoms with E-state index in [0.29, 0.717) is 0 Å². The summed E-state index contributed by atoms with van der Waals surface area (Å²) in [6.07, 6.45) is 8.26. The van der Waals surface area contributed by atoms with Crippen LogP contribution in [0.5, 0.6) is 0 Å². The van der Waals surface area contributed by atoms with Crippen molar-refractivity contribution in [2.24, 2.45) is 5.73 Å². The number of hydrogen-bond acceptors (Lipinski definition) is 4. The van der Waals surface area contributed by atoms with Crippen molar-refractivity contribution in [1.82, 2.24) is 9.80 Å². The average molecular weight is 285 g/mol. The van der Waals surface area contributed by atoms with Crippen LogP contribution in [0.1, 0.15) is 32.1 Å². The van der Waals surface area contributed by atoms with Crippen molar-refractivity contribution >= 4 is 0 Å². The van der Waals surface area contributed by atoms with E-state index in [4.69, 9.17) is 4.74 Å². The first-order chi connectivity index (χ1) is 9.83. The molecule has 0 aliphatic carbocycles. The Morgan fingerprint density at radius 1 is 1.00 bits per heavy atom. The summed E-state index contributed by atoms with van der Waals surface area (Å²) in [4.78, 5) is 4.89. The molecule has 0 amide bonds.